The van der Waals surface area contributed by atoms with Crippen LogP contribution in [0.5, 0.6) is 0 Å². The van der Waals surface area contributed by atoms with Crippen molar-refractivity contribution in [1.82, 2.24) is 5.32 Å². The van der Waals surface area contributed by atoms with Gasteiger partial charge in [0.15, 0.2) is 0 Å². The van der Waals surface area contributed by atoms with Crippen molar-refractivity contribution in [3.05, 3.63) is 24.3 Å². The lowest BCUT2D eigenvalue weighted by atomic mass is 10.4. The number of hydrogen-bond donors (Lipinski definition) is 1. The molecular weight excluding hydrogens is 266 g/mol. The van der Waals surface area contributed by atoms with Crippen molar-refractivity contribution in [3.63, 3.8) is 0 Å². The van der Waals surface area contributed by atoms with Crippen molar-refractivity contribution in [3.8, 4) is 0 Å². The van der Waals surface area contributed by atoms with Gasteiger partial charge in [0.05, 0.1) is 6.54 Å². The largest absolute Gasteiger partial charge is 0.460 e. The highest BCUT2D eigenvalue weighted by molar-refractivity contribution is 5.87. The molecule has 0 radical (unpaired) electrons. The summed E-state index contributed by atoms with van der Waals surface area (Å²) in [6, 6.07) is 0. The van der Waals surface area contributed by atoms with E-state index in [2.05, 4.69) is 18.5 Å². The van der Waals surface area contributed by atoms with Gasteiger partial charge in [0.25, 0.3) is 0 Å². The van der Waals surface area contributed by atoms with Gasteiger partial charge in [-0.15, -0.1) is 0 Å². The maximum absolute atomic E-state index is 11.2. The molecule has 0 saturated heterocycles. The Labute approximate surface area is 117 Å². The first-order valence-corrected chi connectivity index (χ1v) is 5.90. The Hall–Kier alpha value is -2.31. The molecule has 0 saturated carbocycles. The lowest BCUT2D eigenvalue weighted by molar-refractivity contribution is -0.140. The first-order valence-electron chi connectivity index (χ1n) is 5.90. The Morgan fingerprint density at radius 2 is 1.30 bits per heavy atom. The lowest BCUT2D eigenvalue weighted by Crippen LogP contribution is -2.29. The second-order valence-corrected chi connectivity index (χ2v) is 3.90. The van der Waals surface area contributed by atoms with E-state index in [-0.39, 0.29) is 37.5 Å². The van der Waals surface area contributed by atoms with E-state index in [0.717, 1.165) is 0 Å². The zero-order valence-corrected chi connectivity index (χ0v) is 11.7. The maximum atomic E-state index is 11.2. The van der Waals surface area contributed by atoms with Gasteiger partial charge in [-0.2, -0.15) is 0 Å². The van der Waals surface area contributed by atoms with E-state index in [1.54, 1.807) is 0 Å². The molecule has 0 unspecified atom stereocenters. The number of nitrogens with one attached hydrogen (secondary N) is 1. The summed E-state index contributed by atoms with van der Waals surface area (Å²) >= 11 is 0. The number of carbonyl (C=O) groups is 3. The molecule has 7 nitrogen and oxygen atoms in total. The average Bonchev–Trinajstić information content (AvgIpc) is 2.38. The molecule has 0 spiro atoms. The van der Waals surface area contributed by atoms with Crippen LogP contribution in [0.2, 0.25) is 0 Å². The van der Waals surface area contributed by atoms with Crippen LogP contribution in [0.3, 0.4) is 0 Å². The van der Waals surface area contributed by atoms with Crippen LogP contribution in [0.15, 0.2) is 24.3 Å². The molecule has 0 aliphatic carbocycles. The third-order valence-electron chi connectivity index (χ3n) is 1.85. The van der Waals surface area contributed by atoms with Crippen LogP contribution >= 0.6 is 0 Å². The molecule has 1 N–H and O–H groups in total. The Kier molecular flexibility index (Phi) is 8.49. The van der Waals surface area contributed by atoms with Gasteiger partial charge in [0.1, 0.15) is 19.8 Å². The average molecular weight is 285 g/mol. The molecule has 0 aliphatic rings. The lowest BCUT2D eigenvalue weighted by Gasteiger charge is -2.08. The first-order chi connectivity index (χ1) is 9.34. The number of ether oxygens (including phenoxy) is 3. The van der Waals surface area contributed by atoms with Crippen molar-refractivity contribution < 1.29 is 28.6 Å². The summed E-state index contributed by atoms with van der Waals surface area (Å²) in [5.41, 5.74) is 0.556. The summed E-state index contributed by atoms with van der Waals surface area (Å²) in [5, 5.41) is 2.36. The minimum absolute atomic E-state index is 0.0193. The highest BCUT2D eigenvalue weighted by atomic mass is 16.6. The van der Waals surface area contributed by atoms with Crippen LogP contribution in [0, 0.1) is 0 Å². The summed E-state index contributed by atoms with van der Waals surface area (Å²) in [7, 11) is 0. The highest BCUT2D eigenvalue weighted by Crippen LogP contribution is 1.92. The zero-order valence-electron chi connectivity index (χ0n) is 11.7. The van der Waals surface area contributed by atoms with Gasteiger partial charge in [-0.3, -0.25) is 0 Å². The van der Waals surface area contributed by atoms with Gasteiger partial charge in [0.2, 0.25) is 0 Å². The fraction of sp³-hybridized carbons (Fsp3) is 0.462. The van der Waals surface area contributed by atoms with Gasteiger partial charge in [0, 0.05) is 11.1 Å². The number of alkyl carbamates (subject to hydrolysis) is 1. The molecule has 0 heterocycles. The molecular formula is C13H19NO6. The van der Waals surface area contributed by atoms with Gasteiger partial charge in [-0.25, -0.2) is 14.4 Å². The van der Waals surface area contributed by atoms with Crippen LogP contribution in [0.25, 0.3) is 0 Å². The molecule has 0 aromatic heterocycles. The molecule has 1 amide bonds. The van der Waals surface area contributed by atoms with Crippen molar-refractivity contribution in [2.24, 2.45) is 0 Å². The zero-order chi connectivity index (χ0) is 15.5. The quantitative estimate of drug-likeness (QED) is 0.309. The minimum atomic E-state index is -0.692. The van der Waals surface area contributed by atoms with Gasteiger partial charge < -0.3 is 19.5 Å². The van der Waals surface area contributed by atoms with E-state index in [1.807, 2.05) is 0 Å². The fourth-order valence-electron chi connectivity index (χ4n) is 0.863. The molecule has 0 aromatic carbocycles. The summed E-state index contributed by atoms with van der Waals surface area (Å²) in [6.07, 6.45) is -0.692. The molecule has 7 heteroatoms. The standard InChI is InChI=1S/C13H19NO6/c1-9(2)11(15)18-6-5-14-13(17)20-8-7-19-12(16)10(3)4/h1,3,5-8H2,2,4H3,(H,14,17). The number of hydrogen-bond acceptors (Lipinski definition) is 6. The number of carbonyl (C=O) groups excluding carboxylic acids is 3. The Morgan fingerprint density at radius 3 is 1.80 bits per heavy atom. The van der Waals surface area contributed by atoms with E-state index >= 15 is 0 Å². The van der Waals surface area contributed by atoms with Crippen LogP contribution in [0.4, 0.5) is 4.79 Å². The third kappa shape index (κ3) is 8.73. The van der Waals surface area contributed by atoms with E-state index in [9.17, 15) is 14.4 Å². The predicted octanol–water partition coefficient (Wildman–Crippen LogP) is 0.951. The number of amides is 1. The number of rotatable bonds is 8. The highest BCUT2D eigenvalue weighted by Gasteiger charge is 2.06. The van der Waals surface area contributed by atoms with E-state index in [4.69, 9.17) is 14.2 Å². The molecule has 0 fully saturated rings. The predicted molar refractivity (Wildman–Crippen MR) is 70.9 cm³/mol. The monoisotopic (exact) mass is 285 g/mol. The van der Waals surface area contributed by atoms with Gasteiger partial charge >= 0.3 is 18.0 Å². The SMILES string of the molecule is C=C(C)C(=O)OCCNC(=O)OCCOC(=O)C(=C)C. The van der Waals surface area contributed by atoms with Crippen molar-refractivity contribution in [2.45, 2.75) is 13.8 Å². The van der Waals surface area contributed by atoms with Crippen LogP contribution in [-0.2, 0) is 23.8 Å². The molecule has 0 bridgehead atoms. The smallest absolute Gasteiger partial charge is 0.407 e. The molecule has 0 rings (SSSR count). The summed E-state index contributed by atoms with van der Waals surface area (Å²) in [4.78, 5) is 33.1. The first kappa shape index (κ1) is 17.7. The Bertz CT molecular complexity index is 366. The van der Waals surface area contributed by atoms with Crippen LogP contribution in [0.1, 0.15) is 13.8 Å². The van der Waals surface area contributed by atoms with Crippen molar-refractivity contribution in [2.75, 3.05) is 26.4 Å². The van der Waals surface area contributed by atoms with Crippen LogP contribution < -0.4 is 5.32 Å². The van der Waals surface area contributed by atoms with Crippen molar-refractivity contribution >= 4 is 18.0 Å². The summed E-state index contributed by atoms with van der Waals surface area (Å²) < 4.78 is 14.2. The topological polar surface area (TPSA) is 90.9 Å². The van der Waals surface area contributed by atoms with Gasteiger partial charge in [-0.05, 0) is 13.8 Å². The summed E-state index contributed by atoms with van der Waals surface area (Å²) in [6.45, 7) is 9.86. The van der Waals surface area contributed by atoms with Crippen molar-refractivity contribution in [1.29, 1.82) is 0 Å². The third-order valence-corrected chi connectivity index (χ3v) is 1.85. The van der Waals surface area contributed by atoms with Gasteiger partial charge in [-0.1, -0.05) is 13.2 Å². The summed E-state index contributed by atoms with van der Waals surface area (Å²) in [5.74, 6) is -1.06. The minimum Gasteiger partial charge on any atom is -0.460 e. The van der Waals surface area contributed by atoms with E-state index in [0.29, 0.717) is 0 Å². The van der Waals surface area contributed by atoms with E-state index in [1.165, 1.54) is 13.8 Å². The van der Waals surface area contributed by atoms with Crippen LogP contribution in [-0.4, -0.2) is 44.4 Å². The molecule has 0 aromatic rings. The number of esters is 2. The normalized spacial score (nSPS) is 9.30. The molecule has 112 valence electrons. The molecule has 20 heavy (non-hydrogen) atoms. The fourth-order valence-corrected chi connectivity index (χ4v) is 0.863. The Morgan fingerprint density at radius 1 is 0.850 bits per heavy atom. The molecule has 0 aliphatic heterocycles. The molecule has 0 atom stereocenters. The second-order valence-electron chi connectivity index (χ2n) is 3.90. The Balaban J connectivity index is 3.55. The second kappa shape index (κ2) is 9.60. The van der Waals surface area contributed by atoms with E-state index < -0.39 is 18.0 Å². The maximum Gasteiger partial charge on any atom is 0.407 e.